The van der Waals surface area contributed by atoms with Gasteiger partial charge in [0.2, 0.25) is 5.91 Å². The molecule has 1 aromatic rings. The van der Waals surface area contributed by atoms with Crippen molar-refractivity contribution in [2.45, 2.75) is 70.4 Å². The fourth-order valence-electron chi connectivity index (χ4n) is 5.55. The van der Waals surface area contributed by atoms with Crippen LogP contribution < -0.4 is 5.32 Å². The number of piperidine rings is 1. The lowest BCUT2D eigenvalue weighted by atomic mass is 9.74. The Bertz CT molecular complexity index is 858. The third-order valence-electron chi connectivity index (χ3n) is 7.40. The van der Waals surface area contributed by atoms with Crippen LogP contribution >= 0.6 is 0 Å². The number of hydrogen-bond donors (Lipinski definition) is 1. The Labute approximate surface area is 190 Å². The van der Waals surface area contributed by atoms with E-state index in [2.05, 4.69) is 5.32 Å². The number of likely N-dealkylation sites (tertiary alicyclic amines) is 1. The molecule has 0 bridgehead atoms. The maximum atomic E-state index is 13.5. The van der Waals surface area contributed by atoms with Crippen molar-refractivity contribution in [2.75, 3.05) is 26.2 Å². The third kappa shape index (κ3) is 4.40. The zero-order chi connectivity index (χ0) is 22.7. The van der Waals surface area contributed by atoms with Gasteiger partial charge in [-0.15, -0.1) is 0 Å². The van der Waals surface area contributed by atoms with E-state index in [0.717, 1.165) is 43.2 Å². The molecular formula is C25H35N3O4. The normalized spacial score (nSPS) is 26.6. The molecule has 0 aromatic heterocycles. The number of amides is 4. The van der Waals surface area contributed by atoms with Gasteiger partial charge >= 0.3 is 6.03 Å². The van der Waals surface area contributed by atoms with Crippen molar-refractivity contribution in [1.29, 1.82) is 0 Å². The number of imide groups is 1. The highest BCUT2D eigenvalue weighted by atomic mass is 16.5. The number of nitrogens with one attached hydrogen (secondary N) is 1. The van der Waals surface area contributed by atoms with Crippen molar-refractivity contribution in [3.8, 4) is 0 Å². The second kappa shape index (κ2) is 9.61. The molecule has 3 aliphatic heterocycles. The van der Waals surface area contributed by atoms with Gasteiger partial charge in [0.05, 0.1) is 19.1 Å². The number of hydrogen-bond acceptors (Lipinski definition) is 4. The molecule has 0 aliphatic carbocycles. The van der Waals surface area contributed by atoms with Crippen LogP contribution in [0.25, 0.3) is 0 Å². The number of benzene rings is 1. The lowest BCUT2D eigenvalue weighted by molar-refractivity contribution is -0.136. The maximum Gasteiger partial charge on any atom is 0.325 e. The second-order valence-corrected chi connectivity index (χ2v) is 9.46. The summed E-state index contributed by atoms with van der Waals surface area (Å²) in [5.41, 5.74) is 1.34. The van der Waals surface area contributed by atoms with Gasteiger partial charge in [0.1, 0.15) is 5.54 Å². The first-order chi connectivity index (χ1) is 15.4. The molecule has 2 unspecified atom stereocenters. The van der Waals surface area contributed by atoms with Gasteiger partial charge in [0.25, 0.3) is 5.91 Å². The molecule has 0 saturated carbocycles. The molecule has 7 heteroatoms. The quantitative estimate of drug-likeness (QED) is 0.660. The number of carbonyl (C=O) groups is 3. The fourth-order valence-corrected chi connectivity index (χ4v) is 5.55. The highest BCUT2D eigenvalue weighted by Crippen LogP contribution is 2.37. The Kier molecular flexibility index (Phi) is 6.84. The zero-order valence-electron chi connectivity index (χ0n) is 19.3. The molecular weight excluding hydrogens is 406 g/mol. The van der Waals surface area contributed by atoms with Crippen molar-refractivity contribution >= 4 is 17.8 Å². The van der Waals surface area contributed by atoms with Crippen LogP contribution in [0.3, 0.4) is 0 Å². The summed E-state index contributed by atoms with van der Waals surface area (Å²) in [6, 6.07) is 7.69. The first kappa shape index (κ1) is 22.8. The van der Waals surface area contributed by atoms with Gasteiger partial charge in [0.15, 0.2) is 0 Å². The number of rotatable bonds is 7. The van der Waals surface area contributed by atoms with E-state index in [1.54, 1.807) is 0 Å². The molecule has 174 valence electrons. The molecule has 4 rings (SSSR count). The monoisotopic (exact) mass is 441 g/mol. The number of aryl methyl sites for hydroxylation is 1. The average Bonchev–Trinajstić information content (AvgIpc) is 3.39. The van der Waals surface area contributed by atoms with Gasteiger partial charge in [-0.25, -0.2) is 4.79 Å². The molecule has 3 fully saturated rings. The van der Waals surface area contributed by atoms with Crippen LogP contribution in [-0.4, -0.2) is 65.5 Å². The van der Waals surface area contributed by atoms with E-state index in [1.165, 1.54) is 4.90 Å². The second-order valence-electron chi connectivity index (χ2n) is 9.46. The summed E-state index contributed by atoms with van der Waals surface area (Å²) in [7, 11) is 0. The Morgan fingerprint density at radius 3 is 2.59 bits per heavy atom. The fraction of sp³-hybridized carbons (Fsp3) is 0.640. The molecule has 2 atom stereocenters. The molecule has 0 spiro atoms. The highest BCUT2D eigenvalue weighted by Gasteiger charge is 2.55. The van der Waals surface area contributed by atoms with Crippen molar-refractivity contribution in [1.82, 2.24) is 15.1 Å². The van der Waals surface area contributed by atoms with E-state index in [-0.39, 0.29) is 29.9 Å². The Morgan fingerprint density at radius 1 is 1.19 bits per heavy atom. The summed E-state index contributed by atoms with van der Waals surface area (Å²) in [6.45, 7) is 6.35. The topological polar surface area (TPSA) is 79.0 Å². The van der Waals surface area contributed by atoms with E-state index in [1.807, 2.05) is 43.0 Å². The van der Waals surface area contributed by atoms with Crippen LogP contribution in [0.5, 0.6) is 0 Å². The lowest BCUT2D eigenvalue weighted by Crippen LogP contribution is -2.56. The summed E-state index contributed by atoms with van der Waals surface area (Å²) >= 11 is 0. The Hall–Kier alpha value is -2.41. The van der Waals surface area contributed by atoms with Gasteiger partial charge in [-0.1, -0.05) is 37.6 Å². The summed E-state index contributed by atoms with van der Waals surface area (Å²) in [4.78, 5) is 42.5. The molecule has 1 aromatic carbocycles. The summed E-state index contributed by atoms with van der Waals surface area (Å²) < 4.78 is 5.66. The van der Waals surface area contributed by atoms with Gasteiger partial charge in [-0.05, 0) is 56.1 Å². The molecule has 3 saturated heterocycles. The zero-order valence-corrected chi connectivity index (χ0v) is 19.3. The Balaban J connectivity index is 1.41. The minimum atomic E-state index is -0.852. The minimum Gasteiger partial charge on any atom is -0.376 e. The van der Waals surface area contributed by atoms with Crippen LogP contribution in [0.2, 0.25) is 0 Å². The van der Waals surface area contributed by atoms with Crippen LogP contribution in [0.1, 0.15) is 56.6 Å². The SMILES string of the molecule is CCCC1(C2CCN(C(=O)Cc3ccccc3C)CC2)NC(=O)N(CC2CCCO2)C1=O. The van der Waals surface area contributed by atoms with Crippen molar-refractivity contribution in [2.24, 2.45) is 5.92 Å². The summed E-state index contributed by atoms with van der Waals surface area (Å²) in [6.07, 6.45) is 5.10. The first-order valence-corrected chi connectivity index (χ1v) is 12.0. The molecule has 3 aliphatic rings. The smallest absolute Gasteiger partial charge is 0.325 e. The number of nitrogens with zero attached hydrogens (tertiary/aromatic N) is 2. The van der Waals surface area contributed by atoms with Gasteiger partial charge in [0, 0.05) is 19.7 Å². The summed E-state index contributed by atoms with van der Waals surface area (Å²) in [5.74, 6) is 0.0597. The average molecular weight is 442 g/mol. The molecule has 32 heavy (non-hydrogen) atoms. The largest absolute Gasteiger partial charge is 0.376 e. The molecule has 7 nitrogen and oxygen atoms in total. The molecule has 3 heterocycles. The van der Waals surface area contributed by atoms with E-state index in [4.69, 9.17) is 4.74 Å². The predicted molar refractivity (Wildman–Crippen MR) is 121 cm³/mol. The van der Waals surface area contributed by atoms with Crippen LogP contribution in [0, 0.1) is 12.8 Å². The molecule has 0 radical (unpaired) electrons. The Morgan fingerprint density at radius 2 is 1.94 bits per heavy atom. The van der Waals surface area contributed by atoms with Crippen molar-refractivity contribution in [3.05, 3.63) is 35.4 Å². The molecule has 4 amide bonds. The van der Waals surface area contributed by atoms with Gasteiger partial charge in [-0.3, -0.25) is 14.5 Å². The lowest BCUT2D eigenvalue weighted by Gasteiger charge is -2.41. The van der Waals surface area contributed by atoms with Gasteiger partial charge < -0.3 is 15.0 Å². The number of ether oxygens (including phenoxy) is 1. The van der Waals surface area contributed by atoms with Crippen LogP contribution in [0.15, 0.2) is 24.3 Å². The van der Waals surface area contributed by atoms with Crippen LogP contribution in [-0.2, 0) is 20.7 Å². The van der Waals surface area contributed by atoms with E-state index >= 15 is 0 Å². The molecule has 1 N–H and O–H groups in total. The minimum absolute atomic E-state index is 0.0379. The standard InChI is InChI=1S/C25H35N3O4/c1-3-12-25(23(30)28(24(31)26-25)17-21-9-6-15-32-21)20-10-13-27(14-11-20)22(29)16-19-8-5-4-7-18(19)2/h4-5,7-8,20-21H,3,6,9-17H2,1-2H3,(H,26,31). The van der Waals surface area contributed by atoms with Crippen molar-refractivity contribution < 1.29 is 19.1 Å². The first-order valence-electron chi connectivity index (χ1n) is 12.0. The highest BCUT2D eigenvalue weighted by molar-refractivity contribution is 6.07. The predicted octanol–water partition coefficient (Wildman–Crippen LogP) is 3.05. The maximum absolute atomic E-state index is 13.5. The van der Waals surface area contributed by atoms with E-state index in [9.17, 15) is 14.4 Å². The van der Waals surface area contributed by atoms with E-state index < -0.39 is 5.54 Å². The van der Waals surface area contributed by atoms with Crippen molar-refractivity contribution in [3.63, 3.8) is 0 Å². The van der Waals surface area contributed by atoms with E-state index in [0.29, 0.717) is 39.1 Å². The third-order valence-corrected chi connectivity index (χ3v) is 7.40. The number of carbonyl (C=O) groups excluding carboxylic acids is 3. The van der Waals surface area contributed by atoms with Gasteiger partial charge in [-0.2, -0.15) is 0 Å². The number of urea groups is 1. The summed E-state index contributed by atoms with van der Waals surface area (Å²) in [5, 5.41) is 3.08. The van der Waals surface area contributed by atoms with Crippen LogP contribution in [0.4, 0.5) is 4.79 Å².